The van der Waals surface area contributed by atoms with E-state index < -0.39 is 12.6 Å². The van der Waals surface area contributed by atoms with E-state index in [0.717, 1.165) is 16.6 Å². The predicted molar refractivity (Wildman–Crippen MR) is 121 cm³/mol. The van der Waals surface area contributed by atoms with Gasteiger partial charge in [0.2, 0.25) is 0 Å². The van der Waals surface area contributed by atoms with Gasteiger partial charge in [-0.3, -0.25) is 0 Å². The van der Waals surface area contributed by atoms with Crippen LogP contribution in [0, 0.1) is 0 Å². The van der Waals surface area contributed by atoms with Gasteiger partial charge in [0.1, 0.15) is 18.1 Å². The molecule has 0 amide bonds. The monoisotopic (exact) mass is 447 g/mol. The Morgan fingerprint density at radius 1 is 0.909 bits per heavy atom. The highest BCUT2D eigenvalue weighted by atomic mass is 19.3. The number of para-hydroxylation sites is 1. The second-order valence-electron chi connectivity index (χ2n) is 7.12. The molecular formula is C26H19F2NO4. The molecular weight excluding hydrogens is 428 g/mol. The standard InChI is InChI=1S/C26H19F2NO4/c27-26(28)33-22-11-5-17(6-12-22)15-23(25(30)31)18-8-13-21(14-9-18)32-16-20-10-7-19-3-1-2-4-24(19)29-20/h1-15,26H,16H2,(H,30,31)/b23-15+. The average Bonchev–Trinajstić information content (AvgIpc) is 2.82. The van der Waals surface area contributed by atoms with E-state index in [9.17, 15) is 18.7 Å². The van der Waals surface area contributed by atoms with Crippen LogP contribution in [-0.2, 0) is 11.4 Å². The molecule has 0 spiro atoms. The van der Waals surface area contributed by atoms with Crippen molar-refractivity contribution < 1.29 is 28.2 Å². The van der Waals surface area contributed by atoms with E-state index in [0.29, 0.717) is 16.9 Å². The molecule has 1 heterocycles. The Kier molecular flexibility index (Phi) is 6.59. The third kappa shape index (κ3) is 5.71. The molecule has 4 rings (SSSR count). The molecule has 3 aromatic carbocycles. The van der Waals surface area contributed by atoms with E-state index in [1.165, 1.54) is 30.3 Å². The minimum absolute atomic E-state index is 0.00132. The first kappa shape index (κ1) is 22.0. The van der Waals surface area contributed by atoms with Crippen molar-refractivity contribution in [2.24, 2.45) is 0 Å². The molecule has 0 aliphatic heterocycles. The number of carboxylic acids is 1. The van der Waals surface area contributed by atoms with Gasteiger partial charge < -0.3 is 14.6 Å². The van der Waals surface area contributed by atoms with Crippen LogP contribution in [0.2, 0.25) is 0 Å². The van der Waals surface area contributed by atoms with Crippen LogP contribution in [0.5, 0.6) is 11.5 Å². The maximum absolute atomic E-state index is 12.3. The molecule has 0 saturated heterocycles. The molecule has 1 aromatic heterocycles. The number of nitrogens with zero attached hydrogens (tertiary/aromatic N) is 1. The number of halogens is 2. The van der Waals surface area contributed by atoms with Gasteiger partial charge in [-0.1, -0.05) is 48.5 Å². The molecule has 0 radical (unpaired) electrons. The fourth-order valence-electron chi connectivity index (χ4n) is 3.26. The number of ether oxygens (including phenoxy) is 2. The summed E-state index contributed by atoms with van der Waals surface area (Å²) in [6.45, 7) is -2.64. The highest BCUT2D eigenvalue weighted by Gasteiger charge is 2.11. The number of carbonyl (C=O) groups is 1. The molecule has 166 valence electrons. The number of aromatic nitrogens is 1. The van der Waals surface area contributed by atoms with Gasteiger partial charge >= 0.3 is 12.6 Å². The first-order chi connectivity index (χ1) is 16.0. The van der Waals surface area contributed by atoms with Crippen LogP contribution < -0.4 is 9.47 Å². The van der Waals surface area contributed by atoms with E-state index in [1.807, 2.05) is 36.4 Å². The number of rotatable bonds is 8. The van der Waals surface area contributed by atoms with E-state index >= 15 is 0 Å². The van der Waals surface area contributed by atoms with Crippen molar-refractivity contribution in [3.63, 3.8) is 0 Å². The third-order valence-corrected chi connectivity index (χ3v) is 4.85. The van der Waals surface area contributed by atoms with Gasteiger partial charge in [-0.15, -0.1) is 0 Å². The Labute approximate surface area is 188 Å². The summed E-state index contributed by atoms with van der Waals surface area (Å²) < 4.78 is 34.7. The molecule has 0 bridgehead atoms. The average molecular weight is 447 g/mol. The van der Waals surface area contributed by atoms with E-state index in [2.05, 4.69) is 9.72 Å². The quantitative estimate of drug-likeness (QED) is 0.263. The lowest BCUT2D eigenvalue weighted by Gasteiger charge is -2.09. The lowest BCUT2D eigenvalue weighted by molar-refractivity contribution is -0.130. The minimum Gasteiger partial charge on any atom is -0.487 e. The number of carboxylic acid groups (broad SMARTS) is 1. The van der Waals surface area contributed by atoms with Crippen molar-refractivity contribution in [3.05, 3.63) is 102 Å². The number of benzene rings is 3. The molecule has 0 aliphatic carbocycles. The molecule has 0 unspecified atom stereocenters. The van der Waals surface area contributed by atoms with Gasteiger partial charge in [0.15, 0.2) is 0 Å². The molecule has 7 heteroatoms. The SMILES string of the molecule is O=C(O)/C(=C/c1ccc(OC(F)F)cc1)c1ccc(OCc2ccc3ccccc3n2)cc1. The van der Waals surface area contributed by atoms with Gasteiger partial charge in [0.05, 0.1) is 16.8 Å². The van der Waals surface area contributed by atoms with Gasteiger partial charge in [0.25, 0.3) is 0 Å². The van der Waals surface area contributed by atoms with Gasteiger partial charge in [-0.2, -0.15) is 8.78 Å². The fourth-order valence-corrected chi connectivity index (χ4v) is 3.26. The Morgan fingerprint density at radius 2 is 1.61 bits per heavy atom. The topological polar surface area (TPSA) is 68.7 Å². The van der Waals surface area contributed by atoms with Crippen molar-refractivity contribution in [2.75, 3.05) is 0 Å². The lowest BCUT2D eigenvalue weighted by atomic mass is 10.0. The molecule has 0 saturated carbocycles. The summed E-state index contributed by atoms with van der Waals surface area (Å²) in [5, 5.41) is 10.7. The number of fused-ring (bicyclic) bond motifs is 1. The first-order valence-electron chi connectivity index (χ1n) is 10.1. The third-order valence-electron chi connectivity index (χ3n) is 4.85. The molecule has 0 aliphatic rings. The van der Waals surface area contributed by atoms with Gasteiger partial charge in [-0.05, 0) is 53.6 Å². The van der Waals surface area contributed by atoms with Crippen LogP contribution in [0.4, 0.5) is 8.78 Å². The Hall–Kier alpha value is -4.26. The molecule has 33 heavy (non-hydrogen) atoms. The normalized spacial score (nSPS) is 11.5. The summed E-state index contributed by atoms with van der Waals surface area (Å²) in [6, 6.07) is 24.1. The van der Waals surface area contributed by atoms with Crippen molar-refractivity contribution in [1.82, 2.24) is 4.98 Å². The highest BCUT2D eigenvalue weighted by Crippen LogP contribution is 2.24. The van der Waals surface area contributed by atoms with E-state index in [4.69, 9.17) is 4.74 Å². The van der Waals surface area contributed by atoms with Gasteiger partial charge in [0, 0.05) is 5.39 Å². The van der Waals surface area contributed by atoms with Crippen LogP contribution >= 0.6 is 0 Å². The maximum atomic E-state index is 12.3. The number of hydrogen-bond acceptors (Lipinski definition) is 4. The van der Waals surface area contributed by atoms with Crippen LogP contribution in [0.15, 0.2) is 84.9 Å². The first-order valence-corrected chi connectivity index (χ1v) is 10.1. The number of pyridine rings is 1. The van der Waals surface area contributed by atoms with Crippen molar-refractivity contribution in [2.45, 2.75) is 13.2 Å². The van der Waals surface area contributed by atoms with E-state index in [-0.39, 0.29) is 17.9 Å². The second kappa shape index (κ2) is 9.91. The largest absolute Gasteiger partial charge is 0.487 e. The number of aliphatic carboxylic acids is 1. The van der Waals surface area contributed by atoms with Crippen molar-refractivity contribution in [1.29, 1.82) is 0 Å². The van der Waals surface area contributed by atoms with Crippen LogP contribution in [0.1, 0.15) is 16.8 Å². The van der Waals surface area contributed by atoms with Crippen molar-refractivity contribution in [3.8, 4) is 11.5 Å². The summed E-state index contributed by atoms with van der Waals surface area (Å²) in [7, 11) is 0. The molecule has 0 fully saturated rings. The zero-order valence-corrected chi connectivity index (χ0v) is 17.3. The number of hydrogen-bond donors (Lipinski definition) is 1. The van der Waals surface area contributed by atoms with Gasteiger partial charge in [-0.25, -0.2) is 9.78 Å². The Bertz CT molecular complexity index is 1290. The fraction of sp³-hybridized carbons (Fsp3) is 0.0769. The lowest BCUT2D eigenvalue weighted by Crippen LogP contribution is -2.02. The Balaban J connectivity index is 1.46. The van der Waals surface area contributed by atoms with E-state index in [1.54, 1.807) is 24.3 Å². The maximum Gasteiger partial charge on any atom is 0.387 e. The second-order valence-corrected chi connectivity index (χ2v) is 7.12. The molecule has 0 atom stereocenters. The summed E-state index contributed by atoms with van der Waals surface area (Å²) in [5.41, 5.74) is 2.74. The van der Waals surface area contributed by atoms with Crippen LogP contribution in [0.25, 0.3) is 22.6 Å². The summed E-state index contributed by atoms with van der Waals surface area (Å²) >= 11 is 0. The zero-order chi connectivity index (χ0) is 23.2. The predicted octanol–water partition coefficient (Wildman–Crippen LogP) is 6.04. The number of alkyl halides is 2. The summed E-state index contributed by atoms with van der Waals surface area (Å²) in [6.07, 6.45) is 1.46. The van der Waals surface area contributed by atoms with Crippen molar-refractivity contribution >= 4 is 28.5 Å². The Morgan fingerprint density at radius 3 is 2.30 bits per heavy atom. The molecule has 4 aromatic rings. The molecule has 5 nitrogen and oxygen atoms in total. The zero-order valence-electron chi connectivity index (χ0n) is 17.3. The smallest absolute Gasteiger partial charge is 0.387 e. The molecule has 1 N–H and O–H groups in total. The minimum atomic E-state index is -2.92. The summed E-state index contributed by atoms with van der Waals surface area (Å²) in [4.78, 5) is 16.4. The van der Waals surface area contributed by atoms with Crippen LogP contribution in [0.3, 0.4) is 0 Å². The van der Waals surface area contributed by atoms with Crippen LogP contribution in [-0.4, -0.2) is 22.7 Å². The summed E-state index contributed by atoms with van der Waals surface area (Å²) in [5.74, 6) is -0.537. The highest BCUT2D eigenvalue weighted by molar-refractivity contribution is 6.20.